The highest BCUT2D eigenvalue weighted by molar-refractivity contribution is 7.26. The molecular formula is C56H33N3S. The molecule has 9 aromatic carbocycles. The highest BCUT2D eigenvalue weighted by atomic mass is 32.1. The third-order valence-corrected chi connectivity index (χ3v) is 13.6. The van der Waals surface area contributed by atoms with Gasteiger partial charge in [0.1, 0.15) is 0 Å². The van der Waals surface area contributed by atoms with Gasteiger partial charge in [-0.1, -0.05) is 158 Å². The molecule has 0 N–H and O–H groups in total. The van der Waals surface area contributed by atoms with Gasteiger partial charge in [-0.25, -0.2) is 4.98 Å². The highest BCUT2D eigenvalue weighted by Gasteiger charge is 2.19. The Kier molecular flexibility index (Phi) is 7.18. The number of hydrogen-bond acceptors (Lipinski definition) is 3. The van der Waals surface area contributed by atoms with Crippen molar-refractivity contribution in [2.75, 3.05) is 0 Å². The first kappa shape index (κ1) is 33.3. The monoisotopic (exact) mass is 779 g/mol. The van der Waals surface area contributed by atoms with E-state index in [1.54, 1.807) is 0 Å². The number of para-hydroxylation sites is 2. The number of fused-ring (bicyclic) bond motifs is 12. The molecule has 13 aromatic rings. The molecule has 0 bridgehead atoms. The van der Waals surface area contributed by atoms with Crippen LogP contribution in [0.25, 0.3) is 125 Å². The second-order valence-electron chi connectivity index (χ2n) is 15.8. The lowest BCUT2D eigenvalue weighted by Gasteiger charge is -2.14. The van der Waals surface area contributed by atoms with E-state index in [1.807, 2.05) is 17.5 Å². The molecular weight excluding hydrogens is 747 g/mol. The summed E-state index contributed by atoms with van der Waals surface area (Å²) in [5.74, 6) is 0. The Bertz CT molecular complexity index is 3880. The SMILES string of the molecule is c1ccc2cc3c(cc2c1)sc1c3cc(-c2ccc(-c3ccc(-c4ccc(-c5ccc6c(c5)ncc5ccccc56)cc4)c4ccccc34)cc2)n2c3ccccc3nc12. The molecule has 4 heterocycles. The zero-order chi connectivity index (χ0) is 39.3. The predicted octanol–water partition coefficient (Wildman–Crippen LogP) is 15.5. The fourth-order valence-corrected chi connectivity index (χ4v) is 10.6. The van der Waals surface area contributed by atoms with E-state index in [4.69, 9.17) is 9.97 Å². The van der Waals surface area contributed by atoms with Crippen molar-refractivity contribution in [1.29, 1.82) is 0 Å². The van der Waals surface area contributed by atoms with Crippen LogP contribution in [0.5, 0.6) is 0 Å². The zero-order valence-electron chi connectivity index (χ0n) is 32.3. The Morgan fingerprint density at radius 3 is 1.73 bits per heavy atom. The Morgan fingerprint density at radius 1 is 0.383 bits per heavy atom. The second-order valence-corrected chi connectivity index (χ2v) is 16.8. The molecule has 4 heteroatoms. The summed E-state index contributed by atoms with van der Waals surface area (Å²) in [7, 11) is 0. The van der Waals surface area contributed by atoms with Gasteiger partial charge in [0.05, 0.1) is 26.9 Å². The van der Waals surface area contributed by atoms with E-state index >= 15 is 0 Å². The Hall–Kier alpha value is -7.66. The van der Waals surface area contributed by atoms with Crippen LogP contribution in [0.1, 0.15) is 0 Å². The fraction of sp³-hybridized carbons (Fsp3) is 0. The van der Waals surface area contributed by atoms with E-state index in [1.165, 1.54) is 85.9 Å². The van der Waals surface area contributed by atoms with Gasteiger partial charge in [0.2, 0.25) is 0 Å². The fourth-order valence-electron chi connectivity index (χ4n) is 9.45. The summed E-state index contributed by atoms with van der Waals surface area (Å²) < 4.78 is 4.86. The zero-order valence-corrected chi connectivity index (χ0v) is 33.1. The summed E-state index contributed by atoms with van der Waals surface area (Å²) in [5.41, 5.74) is 13.6. The Balaban J connectivity index is 0.885. The van der Waals surface area contributed by atoms with Gasteiger partial charge < -0.3 is 0 Å². The van der Waals surface area contributed by atoms with Crippen molar-refractivity contribution in [2.24, 2.45) is 0 Å². The quantitative estimate of drug-likeness (QED) is 0.167. The molecule has 13 rings (SSSR count). The number of pyridine rings is 2. The average Bonchev–Trinajstić information content (AvgIpc) is 3.88. The molecule has 0 atom stereocenters. The van der Waals surface area contributed by atoms with Gasteiger partial charge in [-0.05, 0) is 102 Å². The summed E-state index contributed by atoms with van der Waals surface area (Å²) in [4.78, 5) is 10.0. The summed E-state index contributed by atoms with van der Waals surface area (Å²) in [6, 6.07) is 70.7. The summed E-state index contributed by atoms with van der Waals surface area (Å²) >= 11 is 1.84. The van der Waals surface area contributed by atoms with Crippen molar-refractivity contribution in [3.8, 4) is 44.6 Å². The lowest BCUT2D eigenvalue weighted by atomic mass is 9.91. The van der Waals surface area contributed by atoms with Crippen LogP contribution in [0.15, 0.2) is 200 Å². The van der Waals surface area contributed by atoms with Crippen LogP contribution in [0.2, 0.25) is 0 Å². The summed E-state index contributed by atoms with van der Waals surface area (Å²) in [5, 5.41) is 11.1. The molecule has 4 aromatic heterocycles. The third-order valence-electron chi connectivity index (χ3n) is 12.4. The van der Waals surface area contributed by atoms with Gasteiger partial charge >= 0.3 is 0 Å². The maximum atomic E-state index is 5.24. The minimum absolute atomic E-state index is 1.01. The minimum Gasteiger partial charge on any atom is -0.291 e. The van der Waals surface area contributed by atoms with Gasteiger partial charge in [0.25, 0.3) is 0 Å². The second kappa shape index (κ2) is 12.9. The smallest absolute Gasteiger partial charge is 0.156 e. The van der Waals surface area contributed by atoms with Gasteiger partial charge in [-0.15, -0.1) is 11.3 Å². The first-order chi connectivity index (χ1) is 29.7. The van der Waals surface area contributed by atoms with Crippen LogP contribution in [0.3, 0.4) is 0 Å². The molecule has 3 nitrogen and oxygen atoms in total. The van der Waals surface area contributed by atoms with Crippen molar-refractivity contribution in [1.82, 2.24) is 14.4 Å². The molecule has 0 fully saturated rings. The van der Waals surface area contributed by atoms with Crippen molar-refractivity contribution >= 4 is 91.4 Å². The van der Waals surface area contributed by atoms with Crippen molar-refractivity contribution in [2.45, 2.75) is 0 Å². The van der Waals surface area contributed by atoms with Crippen LogP contribution in [-0.2, 0) is 0 Å². The largest absolute Gasteiger partial charge is 0.291 e. The first-order valence-corrected chi connectivity index (χ1v) is 21.2. The molecule has 0 aliphatic rings. The number of aromatic nitrogens is 3. The number of imidazole rings is 1. The number of thiophene rings is 1. The predicted molar refractivity (Wildman–Crippen MR) is 255 cm³/mol. The molecule has 0 saturated carbocycles. The van der Waals surface area contributed by atoms with E-state index < -0.39 is 0 Å². The maximum Gasteiger partial charge on any atom is 0.156 e. The van der Waals surface area contributed by atoms with Crippen LogP contribution in [0, 0.1) is 0 Å². The highest BCUT2D eigenvalue weighted by Crippen LogP contribution is 2.43. The van der Waals surface area contributed by atoms with E-state index in [-0.39, 0.29) is 0 Å². The number of benzene rings is 9. The molecule has 0 radical (unpaired) electrons. The Labute approximate surface area is 349 Å². The minimum atomic E-state index is 1.01. The van der Waals surface area contributed by atoms with E-state index in [0.29, 0.717) is 0 Å². The lowest BCUT2D eigenvalue weighted by molar-refractivity contribution is 1.25. The number of rotatable bonds is 4. The van der Waals surface area contributed by atoms with Crippen LogP contribution in [0.4, 0.5) is 0 Å². The first-order valence-electron chi connectivity index (χ1n) is 20.4. The molecule has 0 aliphatic carbocycles. The average molecular weight is 780 g/mol. The van der Waals surface area contributed by atoms with Crippen molar-refractivity contribution in [3.05, 3.63) is 200 Å². The molecule has 278 valence electrons. The molecule has 0 aliphatic heterocycles. The number of hydrogen-bond donors (Lipinski definition) is 0. The van der Waals surface area contributed by atoms with Crippen LogP contribution in [-0.4, -0.2) is 14.4 Å². The molecule has 0 spiro atoms. The summed E-state index contributed by atoms with van der Waals surface area (Å²) in [6.07, 6.45) is 1.97. The van der Waals surface area contributed by atoms with Gasteiger partial charge in [-0.2, -0.15) is 0 Å². The lowest BCUT2D eigenvalue weighted by Crippen LogP contribution is -1.93. The standard InChI is InChI=1S/C56H33N3S/c1-2-10-39-31-54-48(29-38(39)9-1)49-32-53(59-52-16-8-7-15-50(52)58-56(59)55(49)60-54)37-23-21-36(22-24-37)44-28-27-43(45-13-5-6-14-46(44)45)35-19-17-34(18-20-35)40-25-26-47-42-12-4-3-11-41(42)33-57-51(47)30-40/h1-33H. The summed E-state index contributed by atoms with van der Waals surface area (Å²) in [6.45, 7) is 0. The van der Waals surface area contributed by atoms with E-state index in [2.05, 4.69) is 199 Å². The molecule has 0 saturated heterocycles. The normalized spacial score (nSPS) is 12.0. The maximum absolute atomic E-state index is 5.24. The van der Waals surface area contributed by atoms with Crippen LogP contribution < -0.4 is 0 Å². The van der Waals surface area contributed by atoms with Crippen molar-refractivity contribution < 1.29 is 0 Å². The van der Waals surface area contributed by atoms with Crippen LogP contribution >= 0.6 is 11.3 Å². The topological polar surface area (TPSA) is 30.2 Å². The third kappa shape index (κ3) is 5.08. The molecule has 0 unspecified atom stereocenters. The molecule has 60 heavy (non-hydrogen) atoms. The van der Waals surface area contributed by atoms with Crippen molar-refractivity contribution in [3.63, 3.8) is 0 Å². The molecule has 0 amide bonds. The number of nitrogens with zero attached hydrogens (tertiary/aromatic N) is 3. The van der Waals surface area contributed by atoms with Gasteiger partial charge in [0.15, 0.2) is 5.65 Å². The van der Waals surface area contributed by atoms with Gasteiger partial charge in [0, 0.05) is 32.4 Å². The van der Waals surface area contributed by atoms with E-state index in [0.717, 1.165) is 38.8 Å². The van der Waals surface area contributed by atoms with E-state index in [9.17, 15) is 0 Å². The Morgan fingerprint density at radius 2 is 0.983 bits per heavy atom. The van der Waals surface area contributed by atoms with Gasteiger partial charge in [-0.3, -0.25) is 9.38 Å².